The Morgan fingerprint density at radius 3 is 1.45 bits per heavy atom. The van der Waals surface area contributed by atoms with Crippen molar-refractivity contribution in [2.24, 2.45) is 0 Å². The number of hydrogen-bond acceptors (Lipinski definition) is 3. The van der Waals surface area contributed by atoms with Crippen LogP contribution in [0.15, 0.2) is 200 Å². The van der Waals surface area contributed by atoms with Crippen molar-refractivity contribution in [2.75, 3.05) is 0 Å². The van der Waals surface area contributed by atoms with Crippen LogP contribution in [0.2, 0.25) is 0 Å². The first-order valence-electron chi connectivity index (χ1n) is 19.0. The lowest BCUT2D eigenvalue weighted by atomic mass is 9.87. The number of benzene rings is 10. The van der Waals surface area contributed by atoms with Gasteiger partial charge in [-0.25, -0.2) is 15.0 Å². The molecule has 0 spiro atoms. The second-order valence-electron chi connectivity index (χ2n) is 14.3. The predicted octanol–water partition coefficient (Wildman–Crippen LogP) is 14.0. The van der Waals surface area contributed by atoms with Gasteiger partial charge in [-0.2, -0.15) is 0 Å². The summed E-state index contributed by atoms with van der Waals surface area (Å²) in [5.41, 5.74) is 7.49. The molecule has 0 aliphatic heterocycles. The second kappa shape index (κ2) is 13.1. The van der Waals surface area contributed by atoms with E-state index in [4.69, 9.17) is 15.0 Å². The minimum absolute atomic E-state index is 0.636. The Labute approximate surface area is 324 Å². The molecule has 0 saturated carbocycles. The first-order chi connectivity index (χ1) is 27.8. The Bertz CT molecular complexity index is 3300. The molecule has 11 aromatic rings. The molecule has 1 heterocycles. The monoisotopic (exact) mass is 711 g/mol. The zero-order chi connectivity index (χ0) is 37.0. The number of hydrogen-bond donors (Lipinski definition) is 0. The lowest BCUT2D eigenvalue weighted by Gasteiger charge is -2.18. The summed E-state index contributed by atoms with van der Waals surface area (Å²) >= 11 is 0. The number of nitrogens with zero attached hydrogens (tertiary/aromatic N) is 3. The fraction of sp³-hybridized carbons (Fsp3) is 0. The standard InChI is InChI=1S/C53H33N3/c1-3-15-34(16-4-1)42-29-27-36-18-8-11-23-40(36)50(42)53-55-51(37-19-5-2-6-20-37)54-52(56-53)47-32-31-45(43-25-13-14-26-44(43)47)49-41-24-12-9-21-38(41)33-48-39-22-10-7-17-35(39)28-30-46(48)49/h1-33H. The van der Waals surface area contributed by atoms with E-state index in [-0.39, 0.29) is 0 Å². The molecule has 0 aliphatic carbocycles. The van der Waals surface area contributed by atoms with Gasteiger partial charge in [0.15, 0.2) is 17.5 Å². The Morgan fingerprint density at radius 1 is 0.232 bits per heavy atom. The van der Waals surface area contributed by atoms with Gasteiger partial charge in [0.1, 0.15) is 0 Å². The van der Waals surface area contributed by atoms with E-state index in [0.29, 0.717) is 17.5 Å². The summed E-state index contributed by atoms with van der Waals surface area (Å²) in [6.45, 7) is 0. The van der Waals surface area contributed by atoms with Gasteiger partial charge in [-0.3, -0.25) is 0 Å². The summed E-state index contributed by atoms with van der Waals surface area (Å²) in [4.78, 5) is 15.9. The first-order valence-corrected chi connectivity index (χ1v) is 19.0. The molecule has 0 N–H and O–H groups in total. The van der Waals surface area contributed by atoms with Crippen LogP contribution in [0.4, 0.5) is 0 Å². The molecule has 1 aromatic heterocycles. The quantitative estimate of drug-likeness (QED) is 0.132. The van der Waals surface area contributed by atoms with Gasteiger partial charge in [0.2, 0.25) is 0 Å². The Balaban J connectivity index is 1.20. The SMILES string of the molecule is c1ccc(-c2nc(-c3c(-c4ccccc4)ccc4ccccc34)nc(-c3ccc(-c4c5ccccc5cc5c4ccc4ccccc45)c4ccccc34)n2)cc1. The third-order valence-electron chi connectivity index (χ3n) is 11.1. The Kier molecular flexibility index (Phi) is 7.49. The van der Waals surface area contributed by atoms with Crippen LogP contribution in [-0.2, 0) is 0 Å². The fourth-order valence-electron chi connectivity index (χ4n) is 8.52. The van der Waals surface area contributed by atoms with Gasteiger partial charge in [0.25, 0.3) is 0 Å². The maximum Gasteiger partial charge on any atom is 0.165 e. The lowest BCUT2D eigenvalue weighted by Crippen LogP contribution is -2.02. The van der Waals surface area contributed by atoms with Gasteiger partial charge in [-0.15, -0.1) is 0 Å². The highest BCUT2D eigenvalue weighted by Crippen LogP contribution is 2.44. The number of fused-ring (bicyclic) bond motifs is 6. The molecule has 56 heavy (non-hydrogen) atoms. The molecule has 3 nitrogen and oxygen atoms in total. The van der Waals surface area contributed by atoms with Gasteiger partial charge in [-0.1, -0.05) is 188 Å². The van der Waals surface area contributed by atoms with Crippen molar-refractivity contribution in [1.29, 1.82) is 0 Å². The van der Waals surface area contributed by atoms with Crippen LogP contribution < -0.4 is 0 Å². The van der Waals surface area contributed by atoms with Crippen molar-refractivity contribution in [3.63, 3.8) is 0 Å². The Morgan fingerprint density at radius 2 is 0.714 bits per heavy atom. The third-order valence-corrected chi connectivity index (χ3v) is 11.1. The van der Waals surface area contributed by atoms with Gasteiger partial charge in [0, 0.05) is 16.7 Å². The van der Waals surface area contributed by atoms with Gasteiger partial charge in [-0.05, 0) is 88.2 Å². The van der Waals surface area contributed by atoms with E-state index in [1.165, 1.54) is 43.4 Å². The lowest BCUT2D eigenvalue weighted by molar-refractivity contribution is 1.08. The largest absolute Gasteiger partial charge is 0.208 e. The van der Waals surface area contributed by atoms with E-state index in [1.54, 1.807) is 0 Å². The molecule has 0 bridgehead atoms. The zero-order valence-electron chi connectivity index (χ0n) is 30.4. The molecule has 0 radical (unpaired) electrons. The van der Waals surface area contributed by atoms with Crippen LogP contribution in [0.3, 0.4) is 0 Å². The highest BCUT2D eigenvalue weighted by molar-refractivity contribution is 6.23. The van der Waals surface area contributed by atoms with Gasteiger partial charge < -0.3 is 0 Å². The summed E-state index contributed by atoms with van der Waals surface area (Å²) in [6.07, 6.45) is 0. The molecular formula is C53H33N3. The maximum atomic E-state index is 5.40. The molecule has 3 heteroatoms. The molecule has 0 atom stereocenters. The van der Waals surface area contributed by atoms with Crippen LogP contribution in [0.1, 0.15) is 0 Å². The van der Waals surface area contributed by atoms with Crippen LogP contribution in [0, 0.1) is 0 Å². The van der Waals surface area contributed by atoms with Crippen molar-refractivity contribution in [3.05, 3.63) is 200 Å². The smallest absolute Gasteiger partial charge is 0.165 e. The summed E-state index contributed by atoms with van der Waals surface area (Å²) in [7, 11) is 0. The van der Waals surface area contributed by atoms with Crippen molar-refractivity contribution in [1.82, 2.24) is 15.0 Å². The molecule has 0 saturated heterocycles. The predicted molar refractivity (Wildman–Crippen MR) is 235 cm³/mol. The van der Waals surface area contributed by atoms with Crippen LogP contribution >= 0.6 is 0 Å². The zero-order valence-corrected chi connectivity index (χ0v) is 30.4. The molecular weight excluding hydrogens is 679 g/mol. The summed E-state index contributed by atoms with van der Waals surface area (Å²) < 4.78 is 0. The van der Waals surface area contributed by atoms with Crippen LogP contribution in [0.5, 0.6) is 0 Å². The highest BCUT2D eigenvalue weighted by atomic mass is 15.0. The summed E-state index contributed by atoms with van der Waals surface area (Å²) in [5.74, 6) is 1.92. The minimum Gasteiger partial charge on any atom is -0.208 e. The van der Waals surface area contributed by atoms with Crippen LogP contribution in [-0.4, -0.2) is 15.0 Å². The van der Waals surface area contributed by atoms with Crippen molar-refractivity contribution < 1.29 is 0 Å². The second-order valence-corrected chi connectivity index (χ2v) is 14.3. The van der Waals surface area contributed by atoms with E-state index in [1.807, 2.05) is 18.2 Å². The van der Waals surface area contributed by atoms with E-state index in [9.17, 15) is 0 Å². The van der Waals surface area contributed by atoms with E-state index in [2.05, 4.69) is 182 Å². The molecule has 0 aliphatic rings. The average Bonchev–Trinajstić information content (AvgIpc) is 3.28. The summed E-state index contributed by atoms with van der Waals surface area (Å²) in [5, 5.41) is 11.9. The van der Waals surface area contributed by atoms with Crippen LogP contribution in [0.25, 0.3) is 110 Å². The number of rotatable bonds is 5. The molecule has 0 fully saturated rings. The normalized spacial score (nSPS) is 11.6. The highest BCUT2D eigenvalue weighted by Gasteiger charge is 2.21. The number of aromatic nitrogens is 3. The topological polar surface area (TPSA) is 38.7 Å². The van der Waals surface area contributed by atoms with E-state index >= 15 is 0 Å². The van der Waals surface area contributed by atoms with Gasteiger partial charge >= 0.3 is 0 Å². The maximum absolute atomic E-state index is 5.40. The summed E-state index contributed by atoms with van der Waals surface area (Å²) in [6, 6.07) is 71.1. The third kappa shape index (κ3) is 5.25. The molecule has 0 amide bonds. The van der Waals surface area contributed by atoms with E-state index in [0.717, 1.165) is 49.4 Å². The first kappa shape index (κ1) is 32.0. The minimum atomic E-state index is 0.636. The fourth-order valence-corrected chi connectivity index (χ4v) is 8.52. The van der Waals surface area contributed by atoms with Gasteiger partial charge in [0.05, 0.1) is 0 Å². The van der Waals surface area contributed by atoms with Crippen molar-refractivity contribution in [3.8, 4) is 56.4 Å². The average molecular weight is 712 g/mol. The van der Waals surface area contributed by atoms with E-state index < -0.39 is 0 Å². The molecule has 10 aromatic carbocycles. The Hall–Kier alpha value is -7.49. The molecule has 260 valence electrons. The van der Waals surface area contributed by atoms with Crippen molar-refractivity contribution >= 4 is 53.9 Å². The molecule has 0 unspecified atom stereocenters. The van der Waals surface area contributed by atoms with Crippen molar-refractivity contribution in [2.45, 2.75) is 0 Å². The molecule has 11 rings (SSSR count).